The minimum Gasteiger partial charge on any atom is -0.490 e. The fourth-order valence-electron chi connectivity index (χ4n) is 3.51. The van der Waals surface area contributed by atoms with Gasteiger partial charge in [0.2, 0.25) is 0 Å². The largest absolute Gasteiger partial charge is 0.490 e. The first-order valence-electron chi connectivity index (χ1n) is 9.38. The smallest absolute Gasteiger partial charge is 0.326 e. The molecule has 2 aromatic carbocycles. The van der Waals surface area contributed by atoms with Gasteiger partial charge in [-0.15, -0.1) is 0 Å². The van der Waals surface area contributed by atoms with Gasteiger partial charge in [-0.2, -0.15) is 0 Å². The van der Waals surface area contributed by atoms with E-state index in [2.05, 4.69) is 0 Å². The zero-order valence-corrected chi connectivity index (χ0v) is 16.9. The van der Waals surface area contributed by atoms with Gasteiger partial charge in [-0.1, -0.05) is 18.2 Å². The van der Waals surface area contributed by atoms with Crippen LogP contribution in [0.4, 0.5) is 11.4 Å². The van der Waals surface area contributed by atoms with E-state index in [-0.39, 0.29) is 29.2 Å². The second kappa shape index (κ2) is 8.52. The molecule has 0 spiro atoms. The summed E-state index contributed by atoms with van der Waals surface area (Å²) in [6.07, 6.45) is -0.661. The number of Topliss-reactive ketones (excluding diaryl/α,β-unsaturated/α-hetero) is 1. The Morgan fingerprint density at radius 3 is 2.58 bits per heavy atom. The number of esters is 1. The number of aliphatic hydroxyl groups is 1. The van der Waals surface area contributed by atoms with E-state index >= 15 is 0 Å². The van der Waals surface area contributed by atoms with Crippen LogP contribution in [0.1, 0.15) is 29.3 Å². The normalized spacial score (nSPS) is 17.3. The van der Waals surface area contributed by atoms with Crippen molar-refractivity contribution < 1.29 is 33.9 Å². The summed E-state index contributed by atoms with van der Waals surface area (Å²) in [6, 6.07) is 9.88. The van der Waals surface area contributed by atoms with Crippen LogP contribution >= 0.6 is 0 Å². The second-order valence-electron chi connectivity index (χ2n) is 6.82. The molecule has 0 aromatic heterocycles. The molecule has 1 aliphatic heterocycles. The van der Waals surface area contributed by atoms with Crippen LogP contribution in [0.25, 0.3) is 0 Å². The van der Waals surface area contributed by atoms with Crippen molar-refractivity contribution >= 4 is 29.0 Å². The monoisotopic (exact) mass is 428 g/mol. The fourth-order valence-corrected chi connectivity index (χ4v) is 3.51. The van der Waals surface area contributed by atoms with E-state index in [0.29, 0.717) is 0 Å². The number of methoxy groups -OCH3 is 1. The average molecular weight is 428 g/mol. The number of carbonyl (C=O) groups is 3. The van der Waals surface area contributed by atoms with Crippen molar-refractivity contribution in [1.29, 1.82) is 0 Å². The van der Waals surface area contributed by atoms with E-state index in [1.54, 1.807) is 25.1 Å². The van der Waals surface area contributed by atoms with Gasteiger partial charge < -0.3 is 14.6 Å². The molecule has 0 saturated heterocycles. The highest BCUT2D eigenvalue weighted by Gasteiger charge is 2.51. The lowest BCUT2D eigenvalue weighted by Crippen LogP contribution is -2.44. The number of fused-ring (bicyclic) bond motifs is 1. The van der Waals surface area contributed by atoms with E-state index < -0.39 is 46.8 Å². The molecule has 0 fully saturated rings. The summed E-state index contributed by atoms with van der Waals surface area (Å²) in [6.45, 7) is 1.33. The average Bonchev–Trinajstić information content (AvgIpc) is 2.95. The molecule has 0 aliphatic carbocycles. The molecule has 1 atom stereocenters. The molecular weight excluding hydrogens is 408 g/mol. The number of amides is 1. The van der Waals surface area contributed by atoms with E-state index in [1.165, 1.54) is 25.3 Å². The maximum absolute atomic E-state index is 13.1. The number of carbonyl (C=O) groups excluding carboxylic acids is 3. The summed E-state index contributed by atoms with van der Waals surface area (Å²) in [5, 5.41) is 22.5. The van der Waals surface area contributed by atoms with Crippen LogP contribution in [0.3, 0.4) is 0 Å². The van der Waals surface area contributed by atoms with E-state index in [0.717, 1.165) is 11.0 Å². The van der Waals surface area contributed by atoms with E-state index in [9.17, 15) is 29.6 Å². The second-order valence-corrected chi connectivity index (χ2v) is 6.82. The Balaban J connectivity index is 1.94. The first-order chi connectivity index (χ1) is 14.7. The highest BCUT2D eigenvalue weighted by Crippen LogP contribution is 2.43. The zero-order chi connectivity index (χ0) is 22.8. The van der Waals surface area contributed by atoms with Crippen LogP contribution < -0.4 is 9.64 Å². The number of nitro benzene ring substituents is 1. The molecule has 2 aromatic rings. The van der Waals surface area contributed by atoms with Crippen LogP contribution in [-0.4, -0.2) is 48.0 Å². The van der Waals surface area contributed by atoms with Crippen molar-refractivity contribution in [2.75, 3.05) is 25.2 Å². The molecule has 10 heteroatoms. The first-order valence-corrected chi connectivity index (χ1v) is 9.38. The molecule has 1 aliphatic rings. The number of hydrogen-bond acceptors (Lipinski definition) is 8. The molecule has 162 valence electrons. The molecule has 1 amide bonds. The van der Waals surface area contributed by atoms with Crippen LogP contribution in [-0.2, 0) is 19.9 Å². The quantitative estimate of drug-likeness (QED) is 0.292. The Kier molecular flexibility index (Phi) is 6.02. The number of hydrogen-bond donors (Lipinski definition) is 1. The topological polar surface area (TPSA) is 136 Å². The molecule has 0 saturated carbocycles. The van der Waals surface area contributed by atoms with Gasteiger partial charge in [0.05, 0.1) is 30.7 Å². The number of nitro groups is 1. The minimum atomic E-state index is -2.23. The number of benzene rings is 2. The lowest BCUT2D eigenvalue weighted by Gasteiger charge is -2.22. The zero-order valence-electron chi connectivity index (χ0n) is 16.9. The van der Waals surface area contributed by atoms with Crippen LogP contribution in [0, 0.1) is 10.1 Å². The van der Waals surface area contributed by atoms with Crippen molar-refractivity contribution in [1.82, 2.24) is 0 Å². The van der Waals surface area contributed by atoms with Crippen LogP contribution in [0.5, 0.6) is 5.75 Å². The highest BCUT2D eigenvalue weighted by molar-refractivity contribution is 6.12. The number of anilines is 1. The van der Waals surface area contributed by atoms with Crippen molar-refractivity contribution in [3.8, 4) is 5.75 Å². The highest BCUT2D eigenvalue weighted by atomic mass is 16.6. The van der Waals surface area contributed by atoms with Gasteiger partial charge in [-0.05, 0) is 25.1 Å². The van der Waals surface area contributed by atoms with Gasteiger partial charge in [-0.25, -0.2) is 0 Å². The SMILES string of the molecule is CCOC(=O)CN1C(=O)C(O)(CC(=O)c2ccc(OC)c([N+](=O)[O-])c2)c2ccccc21. The summed E-state index contributed by atoms with van der Waals surface area (Å²) in [7, 11) is 1.26. The van der Waals surface area contributed by atoms with Gasteiger partial charge in [0, 0.05) is 17.2 Å². The first kappa shape index (κ1) is 21.9. The molecule has 31 heavy (non-hydrogen) atoms. The van der Waals surface area contributed by atoms with Crippen molar-refractivity contribution in [3.63, 3.8) is 0 Å². The summed E-state index contributed by atoms with van der Waals surface area (Å²) in [5.74, 6) is -2.22. The molecule has 1 heterocycles. The lowest BCUT2D eigenvalue weighted by atomic mass is 9.88. The Morgan fingerprint density at radius 1 is 1.23 bits per heavy atom. The third kappa shape index (κ3) is 3.97. The van der Waals surface area contributed by atoms with Crippen molar-refractivity contribution in [2.45, 2.75) is 18.9 Å². The number of para-hydroxylation sites is 1. The van der Waals surface area contributed by atoms with Crippen molar-refractivity contribution in [2.24, 2.45) is 0 Å². The van der Waals surface area contributed by atoms with Crippen LogP contribution in [0.15, 0.2) is 42.5 Å². The molecule has 0 radical (unpaired) electrons. The molecule has 1 unspecified atom stereocenters. The Labute approximate surface area is 177 Å². The van der Waals surface area contributed by atoms with Gasteiger partial charge in [0.1, 0.15) is 6.54 Å². The number of rotatable bonds is 8. The standard InChI is InChI=1S/C21H20N2O8/c1-3-31-19(25)12-22-15-7-5-4-6-14(15)21(27,20(22)26)11-17(24)13-8-9-18(30-2)16(10-13)23(28)29/h4-10,27H,3,11-12H2,1-2H3. The molecule has 0 bridgehead atoms. The number of nitrogens with zero attached hydrogens (tertiary/aromatic N) is 2. The number of ether oxygens (including phenoxy) is 2. The van der Waals surface area contributed by atoms with E-state index in [4.69, 9.17) is 9.47 Å². The van der Waals surface area contributed by atoms with Gasteiger partial charge >= 0.3 is 11.7 Å². The van der Waals surface area contributed by atoms with E-state index in [1.807, 2.05) is 0 Å². The van der Waals surface area contributed by atoms with Gasteiger partial charge in [-0.3, -0.25) is 29.4 Å². The Hall–Kier alpha value is -3.79. The molecule has 3 rings (SSSR count). The Morgan fingerprint density at radius 2 is 1.94 bits per heavy atom. The van der Waals surface area contributed by atoms with Crippen molar-refractivity contribution in [3.05, 3.63) is 63.7 Å². The summed E-state index contributed by atoms with van der Waals surface area (Å²) in [5.41, 5.74) is -2.25. The van der Waals surface area contributed by atoms with Crippen LogP contribution in [0.2, 0.25) is 0 Å². The maximum Gasteiger partial charge on any atom is 0.326 e. The maximum atomic E-state index is 13.1. The minimum absolute atomic E-state index is 0.0249. The van der Waals surface area contributed by atoms with Gasteiger partial charge in [0.15, 0.2) is 17.1 Å². The van der Waals surface area contributed by atoms with Gasteiger partial charge in [0.25, 0.3) is 5.91 Å². The fraction of sp³-hybridized carbons (Fsp3) is 0.286. The molecule has 10 nitrogen and oxygen atoms in total. The predicted molar refractivity (Wildman–Crippen MR) is 108 cm³/mol. The number of ketones is 1. The summed E-state index contributed by atoms with van der Waals surface area (Å²) in [4.78, 5) is 49.5. The lowest BCUT2D eigenvalue weighted by molar-refractivity contribution is -0.385. The summed E-state index contributed by atoms with van der Waals surface area (Å²) >= 11 is 0. The third-order valence-electron chi connectivity index (χ3n) is 4.95. The summed E-state index contributed by atoms with van der Waals surface area (Å²) < 4.78 is 9.81. The molecular formula is C21H20N2O8. The third-order valence-corrected chi connectivity index (χ3v) is 4.95. The predicted octanol–water partition coefficient (Wildman–Crippen LogP) is 1.97. The molecule has 1 N–H and O–H groups in total. The Bertz CT molecular complexity index is 1070.